The highest BCUT2D eigenvalue weighted by Gasteiger charge is 2.30. The van der Waals surface area contributed by atoms with Gasteiger partial charge in [0.1, 0.15) is 34.6 Å². The van der Waals surface area contributed by atoms with Crippen LogP contribution in [-0.2, 0) is 6.61 Å². The lowest BCUT2D eigenvalue weighted by Gasteiger charge is -2.18. The SMILES string of the molecule is CC(=O)c1cc(-n2c(C3CC3)cc(OCc3ncc(F)cc3F)c(Cl)c2=O)c(C)cn1. The smallest absolute Gasteiger partial charge is 0.277 e. The van der Waals surface area contributed by atoms with Gasteiger partial charge in [-0.3, -0.25) is 24.1 Å². The van der Waals surface area contributed by atoms with Crippen LogP contribution in [0.5, 0.6) is 5.75 Å². The number of hydrogen-bond acceptors (Lipinski definition) is 5. The number of ketones is 1. The van der Waals surface area contributed by atoms with E-state index in [-0.39, 0.29) is 40.5 Å². The van der Waals surface area contributed by atoms with Crippen LogP contribution in [-0.4, -0.2) is 20.3 Å². The number of halogens is 3. The highest BCUT2D eigenvalue weighted by molar-refractivity contribution is 6.31. The first kappa shape index (κ1) is 21.1. The van der Waals surface area contributed by atoms with Crippen molar-refractivity contribution < 1.29 is 18.3 Å². The van der Waals surface area contributed by atoms with Gasteiger partial charge in [-0.25, -0.2) is 8.78 Å². The van der Waals surface area contributed by atoms with Gasteiger partial charge >= 0.3 is 0 Å². The van der Waals surface area contributed by atoms with Crippen molar-refractivity contribution in [1.29, 1.82) is 0 Å². The van der Waals surface area contributed by atoms with Gasteiger partial charge in [-0.2, -0.15) is 0 Å². The number of aryl methyl sites for hydroxylation is 1. The maximum absolute atomic E-state index is 13.9. The predicted molar refractivity (Wildman–Crippen MR) is 110 cm³/mol. The maximum atomic E-state index is 13.9. The number of hydrogen-bond donors (Lipinski definition) is 0. The van der Waals surface area contributed by atoms with Crippen molar-refractivity contribution in [2.75, 3.05) is 0 Å². The summed E-state index contributed by atoms with van der Waals surface area (Å²) in [4.78, 5) is 32.8. The Balaban J connectivity index is 1.77. The lowest BCUT2D eigenvalue weighted by atomic mass is 10.1. The predicted octanol–water partition coefficient (Wildman–Crippen LogP) is 4.53. The molecule has 1 aliphatic carbocycles. The molecule has 0 radical (unpaired) electrons. The van der Waals surface area contributed by atoms with Crippen LogP contribution < -0.4 is 10.3 Å². The number of carbonyl (C=O) groups is 1. The Morgan fingerprint density at radius 2 is 1.97 bits per heavy atom. The summed E-state index contributed by atoms with van der Waals surface area (Å²) in [5.74, 6) is -1.65. The molecule has 1 aliphatic rings. The van der Waals surface area contributed by atoms with Crippen LogP contribution in [0.3, 0.4) is 0 Å². The van der Waals surface area contributed by atoms with Crippen molar-refractivity contribution in [3.8, 4) is 11.4 Å². The highest BCUT2D eigenvalue weighted by atomic mass is 35.5. The molecular weight excluding hydrogens is 428 g/mol. The van der Waals surface area contributed by atoms with Crippen molar-refractivity contribution in [2.24, 2.45) is 0 Å². The average molecular weight is 446 g/mol. The number of rotatable bonds is 6. The van der Waals surface area contributed by atoms with E-state index in [0.717, 1.165) is 19.0 Å². The Bertz CT molecular complexity index is 1260. The molecule has 6 nitrogen and oxygen atoms in total. The summed E-state index contributed by atoms with van der Waals surface area (Å²) in [6.45, 7) is 2.87. The lowest BCUT2D eigenvalue weighted by Crippen LogP contribution is -2.24. The topological polar surface area (TPSA) is 74.1 Å². The Labute approximate surface area is 181 Å². The molecular formula is C22H18ClF2N3O3. The number of aromatic nitrogens is 3. The molecule has 0 spiro atoms. The summed E-state index contributed by atoms with van der Waals surface area (Å²) in [7, 11) is 0. The third kappa shape index (κ3) is 4.20. The summed E-state index contributed by atoms with van der Waals surface area (Å²) < 4.78 is 34.0. The van der Waals surface area contributed by atoms with Crippen molar-refractivity contribution in [1.82, 2.24) is 14.5 Å². The molecule has 0 unspecified atom stereocenters. The molecule has 1 saturated carbocycles. The standard InChI is InChI=1S/C22H18ClF2N3O3/c1-11-8-26-16(12(2)29)6-18(11)28-19(13-3-4-13)7-20(21(23)22(28)30)31-10-17-15(25)5-14(24)9-27-17/h5-9,13H,3-4,10H2,1-2H3. The Morgan fingerprint density at radius 3 is 2.61 bits per heavy atom. The first-order valence-electron chi connectivity index (χ1n) is 9.62. The third-order valence-electron chi connectivity index (χ3n) is 5.06. The summed E-state index contributed by atoms with van der Waals surface area (Å²) in [5.41, 5.74) is 1.52. The minimum Gasteiger partial charge on any atom is -0.485 e. The molecule has 0 aromatic carbocycles. The molecule has 0 amide bonds. The van der Waals surface area contributed by atoms with E-state index < -0.39 is 17.2 Å². The maximum Gasteiger partial charge on any atom is 0.277 e. The number of nitrogens with zero attached hydrogens (tertiary/aromatic N) is 3. The molecule has 9 heteroatoms. The monoisotopic (exact) mass is 445 g/mol. The van der Waals surface area contributed by atoms with Gasteiger partial charge < -0.3 is 4.74 Å². The van der Waals surface area contributed by atoms with E-state index in [0.29, 0.717) is 23.0 Å². The molecule has 0 N–H and O–H groups in total. The molecule has 3 aromatic rings. The van der Waals surface area contributed by atoms with Crippen molar-refractivity contribution in [2.45, 2.75) is 39.2 Å². The van der Waals surface area contributed by atoms with Gasteiger partial charge in [0.15, 0.2) is 11.6 Å². The largest absolute Gasteiger partial charge is 0.485 e. The Morgan fingerprint density at radius 1 is 1.23 bits per heavy atom. The zero-order valence-corrected chi connectivity index (χ0v) is 17.5. The number of pyridine rings is 3. The van der Waals surface area contributed by atoms with E-state index >= 15 is 0 Å². The molecule has 3 aromatic heterocycles. The normalized spacial score (nSPS) is 13.3. The van der Waals surface area contributed by atoms with Crippen molar-refractivity contribution in [3.63, 3.8) is 0 Å². The summed E-state index contributed by atoms with van der Waals surface area (Å²) >= 11 is 6.32. The average Bonchev–Trinajstić information content (AvgIpc) is 3.56. The van der Waals surface area contributed by atoms with Crippen molar-refractivity contribution >= 4 is 17.4 Å². The van der Waals surface area contributed by atoms with Crippen LogP contribution in [0.25, 0.3) is 5.69 Å². The lowest BCUT2D eigenvalue weighted by molar-refractivity contribution is 0.101. The van der Waals surface area contributed by atoms with E-state index in [1.165, 1.54) is 17.7 Å². The second kappa shape index (κ2) is 8.19. The van der Waals surface area contributed by atoms with Crippen LogP contribution in [0.1, 0.15) is 53.1 Å². The van der Waals surface area contributed by atoms with E-state index in [1.54, 1.807) is 19.1 Å². The van der Waals surface area contributed by atoms with E-state index in [4.69, 9.17) is 16.3 Å². The molecule has 0 saturated heterocycles. The fraction of sp³-hybridized carbons (Fsp3) is 0.273. The number of Topliss-reactive ketones (excluding diaryl/α,β-unsaturated/α-hetero) is 1. The fourth-order valence-electron chi connectivity index (χ4n) is 3.26. The van der Waals surface area contributed by atoms with Gasteiger partial charge in [-0.1, -0.05) is 11.6 Å². The van der Waals surface area contributed by atoms with Gasteiger partial charge in [0, 0.05) is 30.9 Å². The van der Waals surface area contributed by atoms with Crippen LogP contribution in [0.4, 0.5) is 8.78 Å². The molecule has 31 heavy (non-hydrogen) atoms. The van der Waals surface area contributed by atoms with Crippen LogP contribution >= 0.6 is 11.6 Å². The second-order valence-corrected chi connectivity index (χ2v) is 7.82. The summed E-state index contributed by atoms with van der Waals surface area (Å²) in [6, 6.07) is 3.93. The molecule has 0 atom stereocenters. The molecule has 0 aliphatic heterocycles. The van der Waals surface area contributed by atoms with Gasteiger partial charge in [-0.15, -0.1) is 0 Å². The molecule has 3 heterocycles. The highest BCUT2D eigenvalue weighted by Crippen LogP contribution is 2.42. The Hall–Kier alpha value is -3.13. The minimum absolute atomic E-state index is 0.0915. The van der Waals surface area contributed by atoms with E-state index in [9.17, 15) is 18.4 Å². The van der Waals surface area contributed by atoms with E-state index in [2.05, 4.69) is 9.97 Å². The van der Waals surface area contributed by atoms with Crippen LogP contribution in [0.2, 0.25) is 5.02 Å². The van der Waals surface area contributed by atoms with Crippen molar-refractivity contribution in [3.05, 3.63) is 80.2 Å². The van der Waals surface area contributed by atoms with Crippen LogP contribution in [0.15, 0.2) is 35.4 Å². The number of ether oxygens (including phenoxy) is 1. The van der Waals surface area contributed by atoms with Gasteiger partial charge in [0.05, 0.1) is 11.9 Å². The third-order valence-corrected chi connectivity index (χ3v) is 5.41. The minimum atomic E-state index is -0.851. The quantitative estimate of drug-likeness (QED) is 0.521. The first-order valence-corrected chi connectivity index (χ1v) is 10.00. The summed E-state index contributed by atoms with van der Waals surface area (Å²) in [6.07, 6.45) is 4.20. The van der Waals surface area contributed by atoms with E-state index in [1.807, 2.05) is 0 Å². The van der Waals surface area contributed by atoms with Gasteiger partial charge in [0.2, 0.25) is 0 Å². The fourth-order valence-corrected chi connectivity index (χ4v) is 3.45. The second-order valence-electron chi connectivity index (χ2n) is 7.45. The molecule has 0 bridgehead atoms. The summed E-state index contributed by atoms with van der Waals surface area (Å²) in [5, 5.41) is -0.187. The molecule has 1 fully saturated rings. The zero-order chi connectivity index (χ0) is 22.3. The Kier molecular flexibility index (Phi) is 5.58. The molecule has 160 valence electrons. The van der Waals surface area contributed by atoms with Crippen LogP contribution in [0, 0.1) is 18.6 Å². The molecule has 4 rings (SSSR count). The first-order chi connectivity index (χ1) is 14.8. The zero-order valence-electron chi connectivity index (χ0n) is 16.8. The van der Waals surface area contributed by atoms with Gasteiger partial charge in [-0.05, 0) is 37.3 Å². The van der Waals surface area contributed by atoms with Gasteiger partial charge in [0.25, 0.3) is 5.56 Å². The number of carbonyl (C=O) groups excluding carboxylic acids is 1.